The van der Waals surface area contributed by atoms with Gasteiger partial charge in [0.15, 0.2) is 11.5 Å². The van der Waals surface area contributed by atoms with E-state index < -0.39 is 11.9 Å². The summed E-state index contributed by atoms with van der Waals surface area (Å²) < 4.78 is 20.6. The van der Waals surface area contributed by atoms with Crippen LogP contribution in [0.4, 0.5) is 0 Å². The molecule has 0 bridgehead atoms. The highest BCUT2D eigenvalue weighted by atomic mass is 16.5. The third-order valence-corrected chi connectivity index (χ3v) is 3.66. The number of methoxy groups -OCH3 is 2. The van der Waals surface area contributed by atoms with Crippen molar-refractivity contribution in [2.75, 3.05) is 20.8 Å². The molecular weight excluding hydrogens is 348 g/mol. The van der Waals surface area contributed by atoms with Crippen LogP contribution in [0.15, 0.2) is 48.5 Å². The Labute approximate surface area is 158 Å². The van der Waals surface area contributed by atoms with Crippen molar-refractivity contribution < 1.29 is 28.5 Å². The molecule has 0 aliphatic heterocycles. The van der Waals surface area contributed by atoms with E-state index in [9.17, 15) is 9.59 Å². The molecule has 0 aliphatic rings. The fourth-order valence-electron chi connectivity index (χ4n) is 2.29. The van der Waals surface area contributed by atoms with Crippen LogP contribution in [-0.2, 0) is 20.9 Å². The van der Waals surface area contributed by atoms with Crippen molar-refractivity contribution in [2.24, 2.45) is 0 Å². The highest BCUT2D eigenvalue weighted by Gasteiger charge is 2.06. The molecule has 0 atom stereocenters. The molecule has 0 saturated carbocycles. The van der Waals surface area contributed by atoms with Gasteiger partial charge in [0.2, 0.25) is 0 Å². The molecule has 0 aromatic heterocycles. The lowest BCUT2D eigenvalue weighted by molar-refractivity contribution is -0.138. The van der Waals surface area contributed by atoms with Crippen LogP contribution in [0, 0.1) is 0 Å². The van der Waals surface area contributed by atoms with Crippen LogP contribution >= 0.6 is 0 Å². The molecule has 0 unspecified atom stereocenters. The van der Waals surface area contributed by atoms with Gasteiger partial charge in [0.05, 0.1) is 26.4 Å². The van der Waals surface area contributed by atoms with Crippen molar-refractivity contribution in [2.45, 2.75) is 13.5 Å². The quantitative estimate of drug-likeness (QED) is 0.522. The maximum atomic E-state index is 11.9. The number of esters is 2. The first-order valence-electron chi connectivity index (χ1n) is 8.40. The van der Waals surface area contributed by atoms with E-state index in [-0.39, 0.29) is 6.61 Å². The van der Waals surface area contributed by atoms with Crippen molar-refractivity contribution in [3.63, 3.8) is 0 Å². The lowest BCUT2D eigenvalue weighted by Gasteiger charge is -2.09. The lowest BCUT2D eigenvalue weighted by Crippen LogP contribution is -2.03. The highest BCUT2D eigenvalue weighted by Crippen LogP contribution is 2.28. The smallest absolute Gasteiger partial charge is 0.337 e. The Balaban J connectivity index is 1.93. The SMILES string of the molecule is CCOc1cc(/C=C/C(=O)OCc2ccc(C(=O)OC)cc2)ccc1OC. The number of hydrogen-bond donors (Lipinski definition) is 0. The van der Waals surface area contributed by atoms with Crippen LogP contribution in [0.5, 0.6) is 11.5 Å². The summed E-state index contributed by atoms with van der Waals surface area (Å²) in [7, 11) is 2.90. The molecule has 0 N–H and O–H groups in total. The molecule has 0 fully saturated rings. The summed E-state index contributed by atoms with van der Waals surface area (Å²) in [6.07, 6.45) is 2.99. The van der Waals surface area contributed by atoms with Gasteiger partial charge < -0.3 is 18.9 Å². The summed E-state index contributed by atoms with van der Waals surface area (Å²) in [4.78, 5) is 23.3. The van der Waals surface area contributed by atoms with Gasteiger partial charge in [0.1, 0.15) is 6.61 Å². The fraction of sp³-hybridized carbons (Fsp3) is 0.238. The van der Waals surface area contributed by atoms with Gasteiger partial charge in [0.25, 0.3) is 0 Å². The molecule has 2 aromatic rings. The molecule has 142 valence electrons. The van der Waals surface area contributed by atoms with Crippen LogP contribution < -0.4 is 9.47 Å². The van der Waals surface area contributed by atoms with Crippen molar-refractivity contribution in [3.8, 4) is 11.5 Å². The molecule has 6 heteroatoms. The Hall–Kier alpha value is -3.28. The molecular formula is C21H22O6. The van der Waals surface area contributed by atoms with E-state index in [1.54, 1.807) is 49.6 Å². The molecule has 2 rings (SSSR count). The zero-order chi connectivity index (χ0) is 19.6. The van der Waals surface area contributed by atoms with E-state index in [1.807, 2.05) is 13.0 Å². The Bertz CT molecular complexity index is 808. The van der Waals surface area contributed by atoms with E-state index in [4.69, 9.17) is 14.2 Å². The molecule has 2 aromatic carbocycles. The van der Waals surface area contributed by atoms with Gasteiger partial charge in [-0.3, -0.25) is 0 Å². The first-order valence-corrected chi connectivity index (χ1v) is 8.40. The van der Waals surface area contributed by atoms with E-state index in [0.29, 0.717) is 23.7 Å². The van der Waals surface area contributed by atoms with Gasteiger partial charge in [-0.2, -0.15) is 0 Å². The Morgan fingerprint density at radius 2 is 1.74 bits per heavy atom. The van der Waals surface area contributed by atoms with Gasteiger partial charge in [-0.05, 0) is 48.4 Å². The molecule has 0 saturated heterocycles. The topological polar surface area (TPSA) is 71.1 Å². The van der Waals surface area contributed by atoms with E-state index in [0.717, 1.165) is 11.1 Å². The number of carbonyl (C=O) groups excluding carboxylic acids is 2. The van der Waals surface area contributed by atoms with E-state index >= 15 is 0 Å². The molecule has 0 amide bonds. The van der Waals surface area contributed by atoms with Crippen molar-refractivity contribution in [1.29, 1.82) is 0 Å². The maximum Gasteiger partial charge on any atom is 0.337 e. The van der Waals surface area contributed by atoms with Crippen LogP contribution in [0.1, 0.15) is 28.4 Å². The molecule has 0 radical (unpaired) electrons. The second-order valence-corrected chi connectivity index (χ2v) is 5.47. The van der Waals surface area contributed by atoms with E-state index in [1.165, 1.54) is 13.2 Å². The summed E-state index contributed by atoms with van der Waals surface area (Å²) in [5.74, 6) is 0.362. The fourth-order valence-corrected chi connectivity index (χ4v) is 2.29. The predicted octanol–water partition coefficient (Wildman–Crippen LogP) is 3.64. The Morgan fingerprint density at radius 1 is 1.00 bits per heavy atom. The number of rotatable bonds is 8. The zero-order valence-corrected chi connectivity index (χ0v) is 15.6. The van der Waals surface area contributed by atoms with Gasteiger partial charge >= 0.3 is 11.9 Å². The highest BCUT2D eigenvalue weighted by molar-refractivity contribution is 5.89. The first kappa shape index (κ1) is 20.0. The molecule has 0 heterocycles. The van der Waals surface area contributed by atoms with Crippen molar-refractivity contribution in [1.82, 2.24) is 0 Å². The second kappa shape index (κ2) is 10.0. The first-order chi connectivity index (χ1) is 13.1. The van der Waals surface area contributed by atoms with Crippen LogP contribution in [0.3, 0.4) is 0 Å². The number of carbonyl (C=O) groups is 2. The zero-order valence-electron chi connectivity index (χ0n) is 15.6. The molecule has 0 aliphatic carbocycles. The van der Waals surface area contributed by atoms with Gasteiger partial charge in [0, 0.05) is 6.08 Å². The summed E-state index contributed by atoms with van der Waals surface area (Å²) in [5.41, 5.74) is 2.00. The van der Waals surface area contributed by atoms with Gasteiger partial charge in [-0.25, -0.2) is 9.59 Å². The minimum absolute atomic E-state index is 0.109. The van der Waals surface area contributed by atoms with Gasteiger partial charge in [-0.15, -0.1) is 0 Å². The third-order valence-electron chi connectivity index (χ3n) is 3.66. The summed E-state index contributed by atoms with van der Waals surface area (Å²) in [5, 5.41) is 0. The monoisotopic (exact) mass is 370 g/mol. The number of benzene rings is 2. The second-order valence-electron chi connectivity index (χ2n) is 5.47. The van der Waals surface area contributed by atoms with Gasteiger partial charge in [-0.1, -0.05) is 18.2 Å². The molecule has 27 heavy (non-hydrogen) atoms. The standard InChI is InChI=1S/C21H22O6/c1-4-26-19-13-15(7-11-18(19)24-2)8-12-20(22)27-14-16-5-9-17(10-6-16)21(23)25-3/h5-13H,4,14H2,1-3H3/b12-8+. The summed E-state index contributed by atoms with van der Waals surface area (Å²) in [6.45, 7) is 2.51. The molecule has 0 spiro atoms. The largest absolute Gasteiger partial charge is 0.493 e. The van der Waals surface area contributed by atoms with Crippen LogP contribution in [0.2, 0.25) is 0 Å². The molecule has 6 nitrogen and oxygen atoms in total. The van der Waals surface area contributed by atoms with Crippen molar-refractivity contribution in [3.05, 3.63) is 65.2 Å². The Kier molecular flexibility index (Phi) is 7.43. The Morgan fingerprint density at radius 3 is 2.37 bits per heavy atom. The van der Waals surface area contributed by atoms with Crippen LogP contribution in [0.25, 0.3) is 6.08 Å². The van der Waals surface area contributed by atoms with E-state index in [2.05, 4.69) is 4.74 Å². The predicted molar refractivity (Wildman–Crippen MR) is 101 cm³/mol. The van der Waals surface area contributed by atoms with Crippen molar-refractivity contribution >= 4 is 18.0 Å². The third kappa shape index (κ3) is 5.88. The number of ether oxygens (including phenoxy) is 4. The average molecular weight is 370 g/mol. The number of hydrogen-bond acceptors (Lipinski definition) is 6. The maximum absolute atomic E-state index is 11.9. The summed E-state index contributed by atoms with van der Waals surface area (Å²) in [6, 6.07) is 12.0. The van der Waals surface area contributed by atoms with Crippen LogP contribution in [-0.4, -0.2) is 32.8 Å². The minimum Gasteiger partial charge on any atom is -0.493 e. The minimum atomic E-state index is -0.471. The lowest BCUT2D eigenvalue weighted by atomic mass is 10.1. The average Bonchev–Trinajstić information content (AvgIpc) is 2.71. The summed E-state index contributed by atoms with van der Waals surface area (Å²) >= 11 is 0. The normalized spacial score (nSPS) is 10.5.